The standard InChI is InChI=1S/C21H18ClN3O2/c1-25-18(21(27)23-11-10-13-6-8-14(22)9-7-13)12-16-19(25)15-4-2-3-5-17(15)24-20(16)26/h2-9,12H,10-11H2,1H3,(H,23,27)(H,24,26). The molecule has 0 aliphatic carbocycles. The molecule has 2 aromatic carbocycles. The normalized spacial score (nSPS) is 11.2. The third-order valence-electron chi connectivity index (χ3n) is 4.75. The maximum Gasteiger partial charge on any atom is 0.267 e. The number of H-pyrrole nitrogens is 1. The zero-order chi connectivity index (χ0) is 19.0. The molecule has 0 aliphatic heterocycles. The van der Waals surface area contributed by atoms with Gasteiger partial charge in [-0.05, 0) is 36.2 Å². The zero-order valence-corrected chi connectivity index (χ0v) is 15.5. The van der Waals surface area contributed by atoms with Crippen LogP contribution in [0.1, 0.15) is 16.1 Å². The predicted octanol–water partition coefficient (Wildman–Crippen LogP) is 3.65. The Morgan fingerprint density at radius 1 is 1.11 bits per heavy atom. The first-order valence-electron chi connectivity index (χ1n) is 8.67. The second-order valence-electron chi connectivity index (χ2n) is 6.48. The fraction of sp³-hybridized carbons (Fsp3) is 0.143. The van der Waals surface area contributed by atoms with Crippen molar-refractivity contribution in [3.63, 3.8) is 0 Å². The minimum Gasteiger partial charge on any atom is -0.350 e. The van der Waals surface area contributed by atoms with Crippen LogP contribution in [0, 0.1) is 0 Å². The van der Waals surface area contributed by atoms with Gasteiger partial charge < -0.3 is 14.9 Å². The number of rotatable bonds is 4. The van der Waals surface area contributed by atoms with Crippen LogP contribution >= 0.6 is 11.6 Å². The maximum atomic E-state index is 12.7. The lowest BCUT2D eigenvalue weighted by molar-refractivity contribution is 0.0946. The average Bonchev–Trinajstić information content (AvgIpc) is 3.02. The molecule has 27 heavy (non-hydrogen) atoms. The molecule has 0 unspecified atom stereocenters. The summed E-state index contributed by atoms with van der Waals surface area (Å²) in [5, 5.41) is 5.04. The lowest BCUT2D eigenvalue weighted by Crippen LogP contribution is -2.27. The predicted molar refractivity (Wildman–Crippen MR) is 109 cm³/mol. The van der Waals surface area contributed by atoms with Crippen LogP contribution in [0.15, 0.2) is 59.4 Å². The smallest absolute Gasteiger partial charge is 0.267 e. The Kier molecular flexibility index (Phi) is 4.46. The van der Waals surface area contributed by atoms with Crippen molar-refractivity contribution in [3.05, 3.63) is 81.2 Å². The largest absolute Gasteiger partial charge is 0.350 e. The number of para-hydroxylation sites is 1. The number of fused-ring (bicyclic) bond motifs is 3. The second kappa shape index (κ2) is 6.93. The first kappa shape index (κ1) is 17.4. The second-order valence-corrected chi connectivity index (χ2v) is 6.92. The van der Waals surface area contributed by atoms with Crippen LogP contribution in [0.4, 0.5) is 0 Å². The van der Waals surface area contributed by atoms with Gasteiger partial charge in [-0.25, -0.2) is 0 Å². The van der Waals surface area contributed by atoms with Crippen molar-refractivity contribution in [2.75, 3.05) is 6.54 Å². The van der Waals surface area contributed by atoms with Gasteiger partial charge in [-0.15, -0.1) is 0 Å². The van der Waals surface area contributed by atoms with Gasteiger partial charge in [-0.1, -0.05) is 41.9 Å². The third kappa shape index (κ3) is 3.22. The van der Waals surface area contributed by atoms with Crippen molar-refractivity contribution in [2.45, 2.75) is 6.42 Å². The van der Waals surface area contributed by atoms with Crippen molar-refractivity contribution in [1.29, 1.82) is 0 Å². The van der Waals surface area contributed by atoms with Gasteiger partial charge in [-0.3, -0.25) is 9.59 Å². The van der Waals surface area contributed by atoms with E-state index in [0.29, 0.717) is 29.1 Å². The van der Waals surface area contributed by atoms with E-state index in [1.54, 1.807) is 10.6 Å². The number of benzene rings is 2. The molecule has 0 radical (unpaired) electrons. The van der Waals surface area contributed by atoms with E-state index in [1.807, 2.05) is 55.6 Å². The van der Waals surface area contributed by atoms with Gasteiger partial charge in [0, 0.05) is 24.0 Å². The average molecular weight is 380 g/mol. The number of aromatic nitrogens is 2. The fourth-order valence-electron chi connectivity index (χ4n) is 3.37. The zero-order valence-electron chi connectivity index (χ0n) is 14.8. The molecule has 0 saturated heterocycles. The lowest BCUT2D eigenvalue weighted by Gasteiger charge is -2.08. The summed E-state index contributed by atoms with van der Waals surface area (Å²) in [7, 11) is 1.81. The Morgan fingerprint density at radius 2 is 1.85 bits per heavy atom. The first-order valence-corrected chi connectivity index (χ1v) is 9.05. The third-order valence-corrected chi connectivity index (χ3v) is 5.01. The number of pyridine rings is 1. The van der Waals surface area contributed by atoms with E-state index >= 15 is 0 Å². The summed E-state index contributed by atoms with van der Waals surface area (Å²) in [6, 6.07) is 16.8. The highest BCUT2D eigenvalue weighted by atomic mass is 35.5. The minimum atomic E-state index is -0.203. The van der Waals surface area contributed by atoms with Gasteiger partial charge in [0.05, 0.1) is 16.4 Å². The molecule has 0 atom stereocenters. The molecule has 5 nitrogen and oxygen atoms in total. The van der Waals surface area contributed by atoms with Crippen molar-refractivity contribution in [3.8, 4) is 0 Å². The van der Waals surface area contributed by atoms with Crippen molar-refractivity contribution < 1.29 is 4.79 Å². The Morgan fingerprint density at radius 3 is 2.63 bits per heavy atom. The Balaban J connectivity index is 1.61. The van der Waals surface area contributed by atoms with E-state index in [0.717, 1.165) is 22.0 Å². The molecule has 4 rings (SSSR count). The lowest BCUT2D eigenvalue weighted by atomic mass is 10.1. The molecule has 136 valence electrons. The summed E-state index contributed by atoms with van der Waals surface area (Å²) in [5.41, 5.74) is 2.88. The van der Waals surface area contributed by atoms with Crippen molar-refractivity contribution >= 4 is 39.3 Å². The van der Waals surface area contributed by atoms with Gasteiger partial charge in [0.1, 0.15) is 5.69 Å². The van der Waals surface area contributed by atoms with Crippen LogP contribution in [0.25, 0.3) is 21.8 Å². The topological polar surface area (TPSA) is 66.9 Å². The summed E-state index contributed by atoms with van der Waals surface area (Å²) < 4.78 is 1.78. The molecule has 0 aliphatic rings. The molecule has 1 amide bonds. The van der Waals surface area contributed by atoms with E-state index in [2.05, 4.69) is 10.3 Å². The first-order chi connectivity index (χ1) is 13.0. The van der Waals surface area contributed by atoms with Crippen LogP contribution < -0.4 is 10.9 Å². The van der Waals surface area contributed by atoms with Crippen molar-refractivity contribution in [1.82, 2.24) is 14.9 Å². The molecule has 2 heterocycles. The van der Waals surface area contributed by atoms with E-state index in [9.17, 15) is 9.59 Å². The van der Waals surface area contributed by atoms with Gasteiger partial charge in [0.2, 0.25) is 0 Å². The maximum absolute atomic E-state index is 12.7. The molecule has 2 aromatic heterocycles. The molecular weight excluding hydrogens is 362 g/mol. The number of hydrogen-bond donors (Lipinski definition) is 2. The van der Waals surface area contributed by atoms with Crippen molar-refractivity contribution in [2.24, 2.45) is 7.05 Å². The van der Waals surface area contributed by atoms with E-state index in [1.165, 1.54) is 0 Å². The fourth-order valence-corrected chi connectivity index (χ4v) is 3.50. The Bertz CT molecular complexity index is 1210. The molecular formula is C21H18ClN3O2. The van der Waals surface area contributed by atoms with E-state index in [-0.39, 0.29) is 11.5 Å². The SMILES string of the molecule is Cn1c(C(=O)NCCc2ccc(Cl)cc2)cc2c(=O)[nH]c3ccccc3c21. The number of nitrogens with zero attached hydrogens (tertiary/aromatic N) is 1. The van der Waals surface area contributed by atoms with Gasteiger partial charge in [0.25, 0.3) is 11.5 Å². The van der Waals surface area contributed by atoms with Gasteiger partial charge in [0.15, 0.2) is 0 Å². The number of carbonyl (C=O) groups is 1. The number of carbonyl (C=O) groups excluding carboxylic acids is 1. The number of nitrogens with one attached hydrogen (secondary N) is 2. The molecule has 0 saturated carbocycles. The number of halogens is 1. The Labute approximate surface area is 160 Å². The Hall–Kier alpha value is -3.05. The number of hydrogen-bond acceptors (Lipinski definition) is 2. The number of aryl methyl sites for hydroxylation is 1. The van der Waals surface area contributed by atoms with Crippen LogP contribution in [0.3, 0.4) is 0 Å². The van der Waals surface area contributed by atoms with Crippen LogP contribution in [0.2, 0.25) is 5.02 Å². The summed E-state index contributed by atoms with van der Waals surface area (Å²) in [5.74, 6) is -0.203. The summed E-state index contributed by atoms with van der Waals surface area (Å²) >= 11 is 5.89. The van der Waals surface area contributed by atoms with E-state index < -0.39 is 0 Å². The van der Waals surface area contributed by atoms with Crippen LogP contribution in [-0.2, 0) is 13.5 Å². The summed E-state index contributed by atoms with van der Waals surface area (Å²) in [6.45, 7) is 0.499. The monoisotopic (exact) mass is 379 g/mol. The number of aromatic amines is 1. The van der Waals surface area contributed by atoms with Gasteiger partial charge in [-0.2, -0.15) is 0 Å². The van der Waals surface area contributed by atoms with Gasteiger partial charge >= 0.3 is 0 Å². The number of amides is 1. The summed E-state index contributed by atoms with van der Waals surface area (Å²) in [4.78, 5) is 27.9. The quantitative estimate of drug-likeness (QED) is 0.568. The van der Waals surface area contributed by atoms with Crippen LogP contribution in [0.5, 0.6) is 0 Å². The molecule has 2 N–H and O–H groups in total. The highest BCUT2D eigenvalue weighted by Gasteiger charge is 2.17. The molecule has 0 bridgehead atoms. The highest BCUT2D eigenvalue weighted by molar-refractivity contribution is 6.30. The minimum absolute atomic E-state index is 0.195. The summed E-state index contributed by atoms with van der Waals surface area (Å²) in [6.07, 6.45) is 0.705. The molecule has 0 fully saturated rings. The highest BCUT2D eigenvalue weighted by Crippen LogP contribution is 2.23. The van der Waals surface area contributed by atoms with E-state index in [4.69, 9.17) is 11.6 Å². The molecule has 6 heteroatoms. The molecule has 4 aromatic rings. The van der Waals surface area contributed by atoms with Crippen LogP contribution in [-0.4, -0.2) is 22.0 Å². The molecule has 0 spiro atoms.